The van der Waals surface area contributed by atoms with E-state index >= 15 is 0 Å². The number of carbonyl (C=O) groups excluding carboxylic acids is 1. The van der Waals surface area contributed by atoms with E-state index in [1.54, 1.807) is 15.6 Å². The first-order chi connectivity index (χ1) is 11.5. The molecule has 0 saturated heterocycles. The van der Waals surface area contributed by atoms with Crippen molar-refractivity contribution in [3.8, 4) is 5.69 Å². The lowest BCUT2D eigenvalue weighted by Gasteiger charge is -2.18. The molecule has 0 aliphatic carbocycles. The Labute approximate surface area is 141 Å². The third kappa shape index (κ3) is 2.82. The number of aryl methyl sites for hydroxylation is 2. The summed E-state index contributed by atoms with van der Waals surface area (Å²) in [6.07, 6.45) is 3.63. The van der Waals surface area contributed by atoms with E-state index in [1.165, 1.54) is 0 Å². The summed E-state index contributed by atoms with van der Waals surface area (Å²) in [5.41, 5.74) is 4.20. The summed E-state index contributed by atoms with van der Waals surface area (Å²) in [6.45, 7) is 5.73. The van der Waals surface area contributed by atoms with Gasteiger partial charge in [0.2, 0.25) is 0 Å². The number of nitrogens with zero attached hydrogens (tertiary/aromatic N) is 4. The Morgan fingerprint density at radius 1 is 1.21 bits per heavy atom. The highest BCUT2D eigenvalue weighted by Crippen LogP contribution is 2.22. The summed E-state index contributed by atoms with van der Waals surface area (Å²) in [7, 11) is 1.84. The van der Waals surface area contributed by atoms with Gasteiger partial charge in [0.25, 0.3) is 5.91 Å². The lowest BCUT2D eigenvalue weighted by Crippen LogP contribution is -2.28. The van der Waals surface area contributed by atoms with Gasteiger partial charge >= 0.3 is 0 Å². The van der Waals surface area contributed by atoms with Crippen LogP contribution in [-0.2, 0) is 7.05 Å². The molecule has 3 aromatic rings. The third-order valence-electron chi connectivity index (χ3n) is 4.24. The van der Waals surface area contributed by atoms with Crippen LogP contribution >= 0.6 is 0 Å². The first-order valence-electron chi connectivity index (χ1n) is 7.89. The Hall–Kier alpha value is -2.89. The molecule has 2 heterocycles. The molecule has 0 aliphatic heterocycles. The molecule has 0 bridgehead atoms. The van der Waals surface area contributed by atoms with Gasteiger partial charge in [0, 0.05) is 25.1 Å². The maximum absolute atomic E-state index is 12.7. The molecule has 1 atom stereocenters. The summed E-state index contributed by atoms with van der Waals surface area (Å²) >= 11 is 0. The summed E-state index contributed by atoms with van der Waals surface area (Å²) in [5, 5.41) is 11.7. The van der Waals surface area contributed by atoms with Crippen LogP contribution in [0.1, 0.15) is 40.3 Å². The molecular formula is C18H21N5O. The third-order valence-corrected chi connectivity index (χ3v) is 4.24. The van der Waals surface area contributed by atoms with E-state index in [9.17, 15) is 4.79 Å². The highest BCUT2D eigenvalue weighted by molar-refractivity contribution is 5.96. The van der Waals surface area contributed by atoms with E-state index in [1.807, 2.05) is 64.3 Å². The molecule has 0 saturated carbocycles. The summed E-state index contributed by atoms with van der Waals surface area (Å²) in [4.78, 5) is 12.7. The van der Waals surface area contributed by atoms with Gasteiger partial charge in [0.1, 0.15) is 0 Å². The van der Waals surface area contributed by atoms with E-state index in [0.717, 1.165) is 22.6 Å². The van der Waals surface area contributed by atoms with Crippen molar-refractivity contribution in [1.82, 2.24) is 24.9 Å². The van der Waals surface area contributed by atoms with Crippen molar-refractivity contribution in [3.05, 3.63) is 65.2 Å². The van der Waals surface area contributed by atoms with Crippen molar-refractivity contribution in [2.75, 3.05) is 0 Å². The van der Waals surface area contributed by atoms with Gasteiger partial charge in [-0.25, -0.2) is 4.68 Å². The standard InChI is InChI=1S/C18H21N5O/c1-12(20-18(24)17-13(2)21-22(4)14(17)3)15-8-5-6-9-16(15)23-11-7-10-19-23/h5-12H,1-4H3,(H,20,24)/t12-/m0/s1. The number of amides is 1. The average Bonchev–Trinajstić information content (AvgIpc) is 3.16. The molecule has 6 heteroatoms. The van der Waals surface area contributed by atoms with Gasteiger partial charge in [-0.2, -0.15) is 10.2 Å². The molecule has 1 amide bonds. The van der Waals surface area contributed by atoms with Crippen molar-refractivity contribution in [1.29, 1.82) is 0 Å². The van der Waals surface area contributed by atoms with Gasteiger partial charge in [-0.1, -0.05) is 18.2 Å². The zero-order valence-corrected chi connectivity index (χ0v) is 14.3. The first-order valence-corrected chi connectivity index (χ1v) is 7.89. The minimum absolute atomic E-state index is 0.110. The number of aromatic nitrogens is 4. The molecule has 0 unspecified atom stereocenters. The summed E-state index contributed by atoms with van der Waals surface area (Å²) in [6, 6.07) is 9.64. The lowest BCUT2D eigenvalue weighted by atomic mass is 10.0. The predicted octanol–water partition coefficient (Wildman–Crippen LogP) is 2.71. The zero-order chi connectivity index (χ0) is 17.3. The predicted molar refractivity (Wildman–Crippen MR) is 92.1 cm³/mol. The Morgan fingerprint density at radius 3 is 2.58 bits per heavy atom. The van der Waals surface area contributed by atoms with Crippen molar-refractivity contribution in [2.45, 2.75) is 26.8 Å². The molecule has 6 nitrogen and oxygen atoms in total. The van der Waals surface area contributed by atoms with Crippen molar-refractivity contribution in [2.24, 2.45) is 7.05 Å². The molecule has 0 aliphatic rings. The van der Waals surface area contributed by atoms with Gasteiger partial charge in [0.15, 0.2) is 0 Å². The van der Waals surface area contributed by atoms with Crippen LogP contribution in [-0.4, -0.2) is 25.5 Å². The second-order valence-electron chi connectivity index (χ2n) is 5.87. The van der Waals surface area contributed by atoms with E-state index in [-0.39, 0.29) is 11.9 Å². The largest absolute Gasteiger partial charge is 0.345 e. The molecule has 1 aromatic carbocycles. The van der Waals surface area contributed by atoms with Crippen LogP contribution in [0.5, 0.6) is 0 Å². The molecule has 124 valence electrons. The molecule has 2 aromatic heterocycles. The fraction of sp³-hybridized carbons (Fsp3) is 0.278. The van der Waals surface area contributed by atoms with E-state index in [4.69, 9.17) is 0 Å². The molecule has 0 fully saturated rings. The number of nitrogens with one attached hydrogen (secondary N) is 1. The number of para-hydroxylation sites is 1. The van der Waals surface area contributed by atoms with Crippen LogP contribution in [0.25, 0.3) is 5.69 Å². The van der Waals surface area contributed by atoms with Gasteiger partial charge in [-0.3, -0.25) is 9.48 Å². The topological polar surface area (TPSA) is 64.7 Å². The van der Waals surface area contributed by atoms with Crippen LogP contribution in [0.2, 0.25) is 0 Å². The second-order valence-corrected chi connectivity index (χ2v) is 5.87. The van der Waals surface area contributed by atoms with E-state index in [2.05, 4.69) is 15.5 Å². The van der Waals surface area contributed by atoms with Crippen LogP contribution in [0.4, 0.5) is 0 Å². The molecule has 3 rings (SSSR count). The fourth-order valence-corrected chi connectivity index (χ4v) is 2.92. The smallest absolute Gasteiger partial charge is 0.255 e. The minimum atomic E-state index is -0.156. The fourth-order valence-electron chi connectivity index (χ4n) is 2.92. The summed E-state index contributed by atoms with van der Waals surface area (Å²) < 4.78 is 3.53. The van der Waals surface area contributed by atoms with Gasteiger partial charge in [-0.15, -0.1) is 0 Å². The maximum Gasteiger partial charge on any atom is 0.255 e. The van der Waals surface area contributed by atoms with Crippen LogP contribution in [0.3, 0.4) is 0 Å². The molecule has 0 radical (unpaired) electrons. The Kier molecular flexibility index (Phi) is 4.20. The average molecular weight is 323 g/mol. The van der Waals surface area contributed by atoms with Crippen molar-refractivity contribution in [3.63, 3.8) is 0 Å². The number of carbonyl (C=O) groups is 1. The van der Waals surface area contributed by atoms with Crippen LogP contribution in [0, 0.1) is 13.8 Å². The van der Waals surface area contributed by atoms with E-state index < -0.39 is 0 Å². The van der Waals surface area contributed by atoms with Gasteiger partial charge in [0.05, 0.1) is 23.0 Å². The van der Waals surface area contributed by atoms with Gasteiger partial charge < -0.3 is 5.32 Å². The number of rotatable bonds is 4. The Morgan fingerprint density at radius 2 is 1.96 bits per heavy atom. The normalized spacial score (nSPS) is 12.2. The van der Waals surface area contributed by atoms with Crippen molar-refractivity contribution >= 4 is 5.91 Å². The van der Waals surface area contributed by atoms with Crippen molar-refractivity contribution < 1.29 is 4.79 Å². The van der Waals surface area contributed by atoms with Crippen LogP contribution < -0.4 is 5.32 Å². The Bertz CT molecular complexity index is 864. The summed E-state index contributed by atoms with van der Waals surface area (Å²) in [5.74, 6) is -0.110. The molecule has 1 N–H and O–H groups in total. The monoisotopic (exact) mass is 323 g/mol. The molecule has 0 spiro atoms. The molecule has 24 heavy (non-hydrogen) atoms. The molecular weight excluding hydrogens is 302 g/mol. The van der Waals surface area contributed by atoms with E-state index in [0.29, 0.717) is 5.56 Å². The second kappa shape index (κ2) is 6.31. The number of hydrogen-bond donors (Lipinski definition) is 1. The lowest BCUT2D eigenvalue weighted by molar-refractivity contribution is 0.0938. The number of hydrogen-bond acceptors (Lipinski definition) is 3. The van der Waals surface area contributed by atoms with Gasteiger partial charge in [-0.05, 0) is 38.5 Å². The minimum Gasteiger partial charge on any atom is -0.345 e. The Balaban J connectivity index is 1.88. The van der Waals surface area contributed by atoms with Crippen LogP contribution in [0.15, 0.2) is 42.7 Å². The first kappa shape index (κ1) is 16.0. The zero-order valence-electron chi connectivity index (χ0n) is 14.3. The quantitative estimate of drug-likeness (QED) is 0.803. The highest BCUT2D eigenvalue weighted by atomic mass is 16.1. The number of benzene rings is 1. The highest BCUT2D eigenvalue weighted by Gasteiger charge is 2.20. The maximum atomic E-state index is 12.7. The SMILES string of the molecule is Cc1nn(C)c(C)c1C(=O)N[C@@H](C)c1ccccc1-n1cccn1.